The number of hydrogen-bond acceptors (Lipinski definition) is 6. The Bertz CT molecular complexity index is 863. The summed E-state index contributed by atoms with van der Waals surface area (Å²) in [5.74, 6) is -1.39. The van der Waals surface area contributed by atoms with Crippen molar-refractivity contribution in [2.45, 2.75) is 6.42 Å². The molecule has 4 amide bonds. The second-order valence-electron chi connectivity index (χ2n) is 5.51. The van der Waals surface area contributed by atoms with Crippen LogP contribution in [0.15, 0.2) is 48.3 Å². The van der Waals surface area contributed by atoms with Gasteiger partial charge in [-0.3, -0.25) is 19.8 Å². The summed E-state index contributed by atoms with van der Waals surface area (Å²) in [6.45, 7) is 0.165. The molecule has 0 saturated carbocycles. The number of barbiturate groups is 1. The molecule has 8 heteroatoms. The van der Waals surface area contributed by atoms with E-state index in [1.165, 1.54) is 25.6 Å². The average Bonchev–Trinajstić information content (AvgIpc) is 2.66. The number of nitrogens with zero attached hydrogens (tertiary/aromatic N) is 3. The van der Waals surface area contributed by atoms with Gasteiger partial charge in [0, 0.05) is 24.5 Å². The molecule has 26 heavy (non-hydrogen) atoms. The average molecular weight is 352 g/mol. The van der Waals surface area contributed by atoms with Crippen LogP contribution < -0.4 is 10.1 Å². The molecular formula is C18H16N4O4. The first-order valence-corrected chi connectivity index (χ1v) is 7.87. The number of nitrogens with one attached hydrogen (secondary N) is 1. The van der Waals surface area contributed by atoms with Crippen LogP contribution in [0.5, 0.6) is 6.01 Å². The van der Waals surface area contributed by atoms with E-state index in [2.05, 4.69) is 15.3 Å². The maximum atomic E-state index is 12.6. The quantitative estimate of drug-likeness (QED) is 0.641. The Morgan fingerprint density at radius 3 is 2.46 bits per heavy atom. The predicted molar refractivity (Wildman–Crippen MR) is 92.0 cm³/mol. The summed E-state index contributed by atoms with van der Waals surface area (Å²) in [6.07, 6.45) is 4.68. The van der Waals surface area contributed by atoms with Crippen LogP contribution in [0.25, 0.3) is 6.08 Å². The fraction of sp³-hybridized carbons (Fsp3) is 0.167. The molecule has 2 heterocycles. The number of imide groups is 2. The number of hydrogen-bond donors (Lipinski definition) is 1. The van der Waals surface area contributed by atoms with Crippen molar-refractivity contribution in [2.75, 3.05) is 13.7 Å². The van der Waals surface area contributed by atoms with Crippen molar-refractivity contribution >= 4 is 23.9 Å². The maximum absolute atomic E-state index is 12.6. The number of carbonyl (C=O) groups excluding carboxylic acids is 3. The van der Waals surface area contributed by atoms with Gasteiger partial charge in [-0.1, -0.05) is 30.3 Å². The molecular weight excluding hydrogens is 336 g/mol. The van der Waals surface area contributed by atoms with Crippen molar-refractivity contribution in [3.05, 3.63) is 59.4 Å². The molecule has 132 valence electrons. The number of rotatable bonds is 5. The van der Waals surface area contributed by atoms with Gasteiger partial charge in [-0.25, -0.2) is 14.8 Å². The number of methoxy groups -OCH3 is 1. The van der Waals surface area contributed by atoms with E-state index in [0.717, 1.165) is 10.5 Å². The van der Waals surface area contributed by atoms with Gasteiger partial charge in [0.1, 0.15) is 5.57 Å². The van der Waals surface area contributed by atoms with Crippen molar-refractivity contribution in [3.8, 4) is 6.01 Å². The van der Waals surface area contributed by atoms with Gasteiger partial charge in [-0.05, 0) is 18.1 Å². The topological polar surface area (TPSA) is 101 Å². The Hall–Kier alpha value is -3.55. The standard InChI is InChI=1S/C18H16N4O4/c1-26-17-19-10-13(11-20-17)9-14-15(23)21-18(25)22(16(14)24)8-7-12-5-3-2-4-6-12/h2-6,9-11H,7-8H2,1H3,(H,21,23,25). The minimum atomic E-state index is -0.744. The van der Waals surface area contributed by atoms with Crippen LogP contribution in [-0.4, -0.2) is 46.4 Å². The molecule has 1 N–H and O–H groups in total. The number of amides is 4. The Labute approximate surface area is 149 Å². The molecule has 0 aliphatic carbocycles. The van der Waals surface area contributed by atoms with Crippen LogP contribution >= 0.6 is 0 Å². The molecule has 2 aromatic rings. The van der Waals surface area contributed by atoms with E-state index in [4.69, 9.17) is 4.74 Å². The van der Waals surface area contributed by atoms with Gasteiger partial charge < -0.3 is 4.74 Å². The first kappa shape index (κ1) is 17.3. The number of benzene rings is 1. The molecule has 1 aliphatic heterocycles. The Kier molecular flexibility index (Phi) is 5.02. The smallest absolute Gasteiger partial charge is 0.331 e. The molecule has 0 bridgehead atoms. The van der Waals surface area contributed by atoms with E-state index in [0.29, 0.717) is 12.0 Å². The minimum Gasteiger partial charge on any atom is -0.467 e. The van der Waals surface area contributed by atoms with Gasteiger partial charge in [-0.2, -0.15) is 0 Å². The van der Waals surface area contributed by atoms with E-state index in [-0.39, 0.29) is 18.1 Å². The van der Waals surface area contributed by atoms with Gasteiger partial charge in [0.25, 0.3) is 11.8 Å². The van der Waals surface area contributed by atoms with Crippen LogP contribution in [0.2, 0.25) is 0 Å². The highest BCUT2D eigenvalue weighted by atomic mass is 16.5. The summed E-state index contributed by atoms with van der Waals surface area (Å²) < 4.78 is 4.86. The first-order chi connectivity index (χ1) is 12.6. The second kappa shape index (κ2) is 7.56. The van der Waals surface area contributed by atoms with Crippen molar-refractivity contribution < 1.29 is 19.1 Å². The SMILES string of the molecule is COc1ncc(C=C2C(=O)NC(=O)N(CCc3ccccc3)C2=O)cn1. The van der Waals surface area contributed by atoms with Gasteiger partial charge in [0.2, 0.25) is 0 Å². The molecule has 0 atom stereocenters. The fourth-order valence-corrected chi connectivity index (χ4v) is 2.46. The molecule has 1 fully saturated rings. The van der Waals surface area contributed by atoms with Crippen molar-refractivity contribution in [3.63, 3.8) is 0 Å². The number of aromatic nitrogens is 2. The first-order valence-electron chi connectivity index (χ1n) is 7.87. The third-order valence-electron chi connectivity index (χ3n) is 3.79. The molecule has 1 saturated heterocycles. The maximum Gasteiger partial charge on any atom is 0.331 e. The number of ether oxygens (including phenoxy) is 1. The van der Waals surface area contributed by atoms with Crippen LogP contribution in [0.1, 0.15) is 11.1 Å². The highest BCUT2D eigenvalue weighted by molar-refractivity contribution is 6.30. The lowest BCUT2D eigenvalue weighted by Gasteiger charge is -2.26. The Balaban J connectivity index is 1.79. The van der Waals surface area contributed by atoms with E-state index in [1.807, 2.05) is 30.3 Å². The molecule has 3 rings (SSSR count). The minimum absolute atomic E-state index is 0.147. The lowest BCUT2D eigenvalue weighted by Crippen LogP contribution is -2.54. The lowest BCUT2D eigenvalue weighted by molar-refractivity contribution is -0.130. The molecule has 1 aromatic carbocycles. The van der Waals surface area contributed by atoms with Gasteiger partial charge in [0.05, 0.1) is 7.11 Å². The van der Waals surface area contributed by atoms with Crippen LogP contribution in [-0.2, 0) is 16.0 Å². The fourth-order valence-electron chi connectivity index (χ4n) is 2.46. The predicted octanol–water partition coefficient (Wildman–Crippen LogP) is 1.19. The van der Waals surface area contributed by atoms with Gasteiger partial charge in [0.15, 0.2) is 0 Å². The summed E-state index contributed by atoms with van der Waals surface area (Å²) in [7, 11) is 1.43. The second-order valence-corrected chi connectivity index (χ2v) is 5.51. The van der Waals surface area contributed by atoms with Gasteiger partial charge >= 0.3 is 12.0 Å². The molecule has 0 radical (unpaired) electrons. The third-order valence-corrected chi connectivity index (χ3v) is 3.79. The molecule has 0 unspecified atom stereocenters. The largest absolute Gasteiger partial charge is 0.467 e. The monoisotopic (exact) mass is 352 g/mol. The molecule has 1 aliphatic rings. The van der Waals surface area contributed by atoms with Crippen molar-refractivity contribution in [1.82, 2.24) is 20.2 Å². The van der Waals surface area contributed by atoms with Crippen molar-refractivity contribution in [2.24, 2.45) is 0 Å². The Morgan fingerprint density at radius 1 is 1.12 bits per heavy atom. The van der Waals surface area contributed by atoms with Gasteiger partial charge in [-0.15, -0.1) is 0 Å². The summed E-state index contributed by atoms with van der Waals surface area (Å²) in [6, 6.07) is 8.91. The normalized spacial score (nSPS) is 16.0. The van der Waals surface area contributed by atoms with E-state index >= 15 is 0 Å². The van der Waals surface area contributed by atoms with E-state index in [1.54, 1.807) is 0 Å². The summed E-state index contributed by atoms with van der Waals surface area (Å²) >= 11 is 0. The molecule has 8 nitrogen and oxygen atoms in total. The Morgan fingerprint density at radius 2 is 1.81 bits per heavy atom. The zero-order valence-electron chi connectivity index (χ0n) is 14.0. The highest BCUT2D eigenvalue weighted by Crippen LogP contribution is 2.15. The van der Waals surface area contributed by atoms with Crippen molar-refractivity contribution in [1.29, 1.82) is 0 Å². The van der Waals surface area contributed by atoms with Crippen LogP contribution in [0.3, 0.4) is 0 Å². The zero-order chi connectivity index (χ0) is 18.5. The summed E-state index contributed by atoms with van der Waals surface area (Å²) in [5.41, 5.74) is 1.28. The summed E-state index contributed by atoms with van der Waals surface area (Å²) in [4.78, 5) is 45.5. The number of urea groups is 1. The zero-order valence-corrected chi connectivity index (χ0v) is 14.0. The lowest BCUT2D eigenvalue weighted by atomic mass is 10.1. The molecule has 1 aromatic heterocycles. The van der Waals surface area contributed by atoms with E-state index in [9.17, 15) is 14.4 Å². The van der Waals surface area contributed by atoms with Crippen LogP contribution in [0, 0.1) is 0 Å². The van der Waals surface area contributed by atoms with E-state index < -0.39 is 17.8 Å². The highest BCUT2D eigenvalue weighted by Gasteiger charge is 2.35. The van der Waals surface area contributed by atoms with Crippen LogP contribution in [0.4, 0.5) is 4.79 Å². The third kappa shape index (κ3) is 3.75. The summed E-state index contributed by atoms with van der Waals surface area (Å²) in [5, 5.41) is 2.18. The number of carbonyl (C=O) groups is 3. The molecule has 0 spiro atoms.